The first-order valence-electron chi connectivity index (χ1n) is 9.83. The molecule has 2 aromatic carbocycles. The first-order valence-corrected chi connectivity index (χ1v) is 10.2. The topological polar surface area (TPSA) is 42.0 Å². The van der Waals surface area contributed by atoms with E-state index < -0.39 is 0 Å². The molecule has 1 fully saturated rings. The number of nitrogens with zero attached hydrogens (tertiary/aromatic N) is 2. The normalized spacial score (nSPS) is 18.3. The lowest BCUT2D eigenvalue weighted by Gasteiger charge is -2.28. The highest BCUT2D eigenvalue weighted by molar-refractivity contribution is 6.31. The van der Waals surface area contributed by atoms with Gasteiger partial charge < -0.3 is 14.4 Å². The SMILES string of the molecule is CN(CC(=O)N1CCCC1c1ccc2c(c1)OCCO2)Cc1ccc(F)cc1Cl. The maximum atomic E-state index is 13.2. The van der Waals surface area contributed by atoms with Crippen LogP contribution in [0, 0.1) is 5.82 Å². The van der Waals surface area contributed by atoms with E-state index >= 15 is 0 Å². The van der Waals surface area contributed by atoms with E-state index in [1.165, 1.54) is 12.1 Å². The minimum atomic E-state index is -0.364. The summed E-state index contributed by atoms with van der Waals surface area (Å²) in [5.41, 5.74) is 1.87. The predicted octanol–water partition coefficient (Wildman–Crippen LogP) is 4.05. The number of rotatable bonds is 5. The van der Waals surface area contributed by atoms with Crippen LogP contribution in [-0.2, 0) is 11.3 Å². The molecule has 0 aromatic heterocycles. The molecule has 0 saturated carbocycles. The standard InChI is InChI=1S/C22H24ClFN2O3/c1-25(13-16-4-6-17(24)12-18(16)23)14-22(27)26-8-2-3-19(26)15-5-7-20-21(11-15)29-10-9-28-20/h4-7,11-12,19H,2-3,8-10,13-14H2,1H3. The van der Waals surface area contributed by atoms with Crippen LogP contribution < -0.4 is 9.47 Å². The smallest absolute Gasteiger partial charge is 0.237 e. The van der Waals surface area contributed by atoms with Crippen molar-refractivity contribution < 1.29 is 18.7 Å². The third-order valence-electron chi connectivity index (χ3n) is 5.38. The van der Waals surface area contributed by atoms with Gasteiger partial charge in [0.2, 0.25) is 5.91 Å². The molecular formula is C22H24ClFN2O3. The van der Waals surface area contributed by atoms with Gasteiger partial charge in [0.15, 0.2) is 11.5 Å². The molecule has 4 rings (SSSR count). The molecule has 0 spiro atoms. The highest BCUT2D eigenvalue weighted by Crippen LogP contribution is 2.38. The molecule has 29 heavy (non-hydrogen) atoms. The fraction of sp³-hybridized carbons (Fsp3) is 0.409. The predicted molar refractivity (Wildman–Crippen MR) is 109 cm³/mol. The minimum Gasteiger partial charge on any atom is -0.486 e. The van der Waals surface area contributed by atoms with E-state index in [1.54, 1.807) is 6.07 Å². The summed E-state index contributed by atoms with van der Waals surface area (Å²) in [5, 5.41) is 0.375. The van der Waals surface area contributed by atoms with E-state index in [0.717, 1.165) is 42.0 Å². The molecule has 1 saturated heterocycles. The lowest BCUT2D eigenvalue weighted by molar-refractivity contribution is -0.133. The van der Waals surface area contributed by atoms with Gasteiger partial charge in [-0.2, -0.15) is 0 Å². The summed E-state index contributed by atoms with van der Waals surface area (Å²) in [6.45, 7) is 2.59. The quantitative estimate of drug-likeness (QED) is 0.734. The molecule has 2 aliphatic rings. The fourth-order valence-electron chi connectivity index (χ4n) is 4.00. The van der Waals surface area contributed by atoms with Crippen LogP contribution in [0.2, 0.25) is 5.02 Å². The molecule has 0 radical (unpaired) electrons. The van der Waals surface area contributed by atoms with E-state index in [9.17, 15) is 9.18 Å². The van der Waals surface area contributed by atoms with Crippen LogP contribution in [0.1, 0.15) is 30.0 Å². The highest BCUT2D eigenvalue weighted by atomic mass is 35.5. The number of benzene rings is 2. The largest absolute Gasteiger partial charge is 0.486 e. The maximum absolute atomic E-state index is 13.2. The van der Waals surface area contributed by atoms with Gasteiger partial charge in [0.05, 0.1) is 12.6 Å². The Hall–Kier alpha value is -2.31. The molecule has 1 amide bonds. The van der Waals surface area contributed by atoms with Gasteiger partial charge in [-0.3, -0.25) is 9.69 Å². The van der Waals surface area contributed by atoms with Crippen LogP contribution in [0.3, 0.4) is 0 Å². The summed E-state index contributed by atoms with van der Waals surface area (Å²) in [6, 6.07) is 10.3. The zero-order valence-corrected chi connectivity index (χ0v) is 17.1. The van der Waals surface area contributed by atoms with Crippen molar-refractivity contribution in [2.24, 2.45) is 0 Å². The molecular weight excluding hydrogens is 395 g/mol. The van der Waals surface area contributed by atoms with Crippen molar-refractivity contribution in [1.82, 2.24) is 9.80 Å². The Bertz CT molecular complexity index is 908. The summed E-state index contributed by atoms with van der Waals surface area (Å²) in [6.07, 6.45) is 1.90. The zero-order chi connectivity index (χ0) is 20.4. The van der Waals surface area contributed by atoms with E-state index in [1.807, 2.05) is 35.0 Å². The molecule has 1 unspecified atom stereocenters. The maximum Gasteiger partial charge on any atom is 0.237 e. The summed E-state index contributed by atoms with van der Waals surface area (Å²) in [4.78, 5) is 16.8. The second-order valence-electron chi connectivity index (χ2n) is 7.56. The second-order valence-corrected chi connectivity index (χ2v) is 7.96. The number of hydrogen-bond acceptors (Lipinski definition) is 4. The molecule has 0 aliphatic carbocycles. The van der Waals surface area contributed by atoms with Gasteiger partial charge in [-0.25, -0.2) is 4.39 Å². The molecule has 0 N–H and O–H groups in total. The van der Waals surface area contributed by atoms with E-state index in [4.69, 9.17) is 21.1 Å². The Labute approximate surface area is 175 Å². The molecule has 7 heteroatoms. The number of likely N-dealkylation sites (N-methyl/N-ethyl adjacent to an activating group) is 1. The van der Waals surface area contributed by atoms with Gasteiger partial charge in [0.25, 0.3) is 0 Å². The number of hydrogen-bond donors (Lipinski definition) is 0. The Balaban J connectivity index is 1.42. The molecule has 154 valence electrons. The Morgan fingerprint density at radius 3 is 2.79 bits per heavy atom. The number of carbonyl (C=O) groups is 1. The van der Waals surface area contributed by atoms with Crippen LogP contribution >= 0.6 is 11.6 Å². The van der Waals surface area contributed by atoms with Gasteiger partial charge in [-0.1, -0.05) is 23.7 Å². The zero-order valence-electron chi connectivity index (χ0n) is 16.4. The lowest BCUT2D eigenvalue weighted by Crippen LogP contribution is -2.38. The van der Waals surface area contributed by atoms with Crippen LogP contribution in [0.15, 0.2) is 36.4 Å². The van der Waals surface area contributed by atoms with E-state index in [0.29, 0.717) is 24.8 Å². The fourth-order valence-corrected chi connectivity index (χ4v) is 4.22. The lowest BCUT2D eigenvalue weighted by atomic mass is 10.0. The van der Waals surface area contributed by atoms with Gasteiger partial charge in [-0.05, 0) is 55.3 Å². The van der Waals surface area contributed by atoms with Crippen LogP contribution in [0.4, 0.5) is 4.39 Å². The molecule has 0 bridgehead atoms. The van der Waals surface area contributed by atoms with Crippen LogP contribution in [0.25, 0.3) is 0 Å². The van der Waals surface area contributed by atoms with E-state index in [-0.39, 0.29) is 24.3 Å². The van der Waals surface area contributed by atoms with Crippen molar-refractivity contribution in [2.45, 2.75) is 25.4 Å². The Morgan fingerprint density at radius 1 is 1.21 bits per heavy atom. The van der Waals surface area contributed by atoms with Gasteiger partial charge >= 0.3 is 0 Å². The number of ether oxygens (including phenoxy) is 2. The Kier molecular flexibility index (Phi) is 5.92. The second kappa shape index (κ2) is 8.59. The average molecular weight is 419 g/mol. The first kappa shape index (κ1) is 20.0. The molecule has 2 heterocycles. The minimum absolute atomic E-state index is 0.0427. The highest BCUT2D eigenvalue weighted by Gasteiger charge is 2.31. The van der Waals surface area contributed by atoms with Crippen molar-refractivity contribution in [3.8, 4) is 11.5 Å². The van der Waals surface area contributed by atoms with Gasteiger partial charge in [0.1, 0.15) is 19.0 Å². The average Bonchev–Trinajstić information content (AvgIpc) is 3.20. The first-order chi connectivity index (χ1) is 14.0. The van der Waals surface area contributed by atoms with Crippen molar-refractivity contribution in [3.05, 3.63) is 58.4 Å². The number of fused-ring (bicyclic) bond motifs is 1. The van der Waals surface area contributed by atoms with Crippen molar-refractivity contribution in [2.75, 3.05) is 33.4 Å². The Morgan fingerprint density at radius 2 is 2.00 bits per heavy atom. The molecule has 5 nitrogen and oxygen atoms in total. The molecule has 2 aliphatic heterocycles. The van der Waals surface area contributed by atoms with Gasteiger partial charge in [-0.15, -0.1) is 0 Å². The molecule has 1 atom stereocenters. The monoisotopic (exact) mass is 418 g/mol. The third kappa shape index (κ3) is 4.49. The van der Waals surface area contributed by atoms with Crippen LogP contribution in [0.5, 0.6) is 11.5 Å². The number of amides is 1. The summed E-state index contributed by atoms with van der Waals surface area (Å²) in [5.74, 6) is 1.21. The van der Waals surface area contributed by atoms with Crippen molar-refractivity contribution in [3.63, 3.8) is 0 Å². The molecule has 2 aromatic rings. The number of halogens is 2. The summed E-state index contributed by atoms with van der Waals surface area (Å²) >= 11 is 6.11. The third-order valence-corrected chi connectivity index (χ3v) is 5.74. The van der Waals surface area contributed by atoms with Gasteiger partial charge in [0, 0.05) is 18.1 Å². The summed E-state index contributed by atoms with van der Waals surface area (Å²) < 4.78 is 24.5. The van der Waals surface area contributed by atoms with E-state index in [2.05, 4.69) is 0 Å². The van der Waals surface area contributed by atoms with Crippen LogP contribution in [-0.4, -0.2) is 49.1 Å². The van der Waals surface area contributed by atoms with Crippen molar-refractivity contribution in [1.29, 1.82) is 0 Å². The summed E-state index contributed by atoms with van der Waals surface area (Å²) in [7, 11) is 1.87. The van der Waals surface area contributed by atoms with Crippen molar-refractivity contribution >= 4 is 17.5 Å². The number of likely N-dealkylation sites (tertiary alicyclic amines) is 1. The number of carbonyl (C=O) groups excluding carboxylic acids is 1.